The second kappa shape index (κ2) is 7.69. The topological polar surface area (TPSA) is 72.0 Å². The van der Waals surface area contributed by atoms with E-state index in [4.69, 9.17) is 4.74 Å². The number of nitrogens with one attached hydrogen (secondary N) is 2. The van der Waals surface area contributed by atoms with Crippen molar-refractivity contribution in [2.24, 2.45) is 0 Å². The van der Waals surface area contributed by atoms with Crippen LogP contribution < -0.4 is 15.4 Å². The average Bonchev–Trinajstić information content (AvgIpc) is 2.59. The third kappa shape index (κ3) is 4.39. The van der Waals surface area contributed by atoms with Crippen molar-refractivity contribution >= 4 is 5.95 Å². The van der Waals surface area contributed by atoms with Gasteiger partial charge in [0.25, 0.3) is 5.88 Å². The molecule has 0 bridgehead atoms. The summed E-state index contributed by atoms with van der Waals surface area (Å²) in [5.41, 5.74) is 0.246. The van der Waals surface area contributed by atoms with E-state index in [0.717, 1.165) is 32.1 Å². The van der Waals surface area contributed by atoms with E-state index in [1.807, 2.05) is 0 Å². The molecule has 2 aromatic rings. The fourth-order valence-electron chi connectivity index (χ4n) is 2.65. The molecule has 0 radical (unpaired) electrons. The van der Waals surface area contributed by atoms with Crippen molar-refractivity contribution in [3.63, 3.8) is 0 Å². The summed E-state index contributed by atoms with van der Waals surface area (Å²) in [5.74, 6) is -1.07. The summed E-state index contributed by atoms with van der Waals surface area (Å²) in [6.07, 6.45) is 4.10. The number of hydrogen-bond acceptors (Lipinski definition) is 6. The fourth-order valence-corrected chi connectivity index (χ4v) is 2.65. The Labute approximate surface area is 145 Å². The van der Waals surface area contributed by atoms with Gasteiger partial charge in [-0.15, -0.1) is 0 Å². The van der Waals surface area contributed by atoms with Crippen LogP contribution in [0.2, 0.25) is 0 Å². The standard InChI is InChI=1S/C17H21F2N5O/c1-10(2)25-16-13(18)7-11(8-21-16)15-14(19)9-22-17(24-15)23-12-3-5-20-6-4-12/h7-10,12,20H,3-6H2,1-2H3,(H,22,23,24). The van der Waals surface area contributed by atoms with Crippen LogP contribution in [0.4, 0.5) is 14.7 Å². The van der Waals surface area contributed by atoms with Crippen molar-refractivity contribution < 1.29 is 13.5 Å². The van der Waals surface area contributed by atoms with Crippen LogP contribution in [0.15, 0.2) is 18.5 Å². The predicted octanol–water partition coefficient (Wildman–Crippen LogP) is 2.77. The number of aromatic nitrogens is 3. The first kappa shape index (κ1) is 17.5. The van der Waals surface area contributed by atoms with Crippen molar-refractivity contribution in [3.05, 3.63) is 30.1 Å². The minimum absolute atomic E-state index is 0.00827. The molecule has 0 saturated carbocycles. The highest BCUT2D eigenvalue weighted by molar-refractivity contribution is 5.60. The first-order valence-electron chi connectivity index (χ1n) is 8.35. The Hall–Kier alpha value is -2.35. The Morgan fingerprint density at radius 3 is 2.60 bits per heavy atom. The maximum Gasteiger partial charge on any atom is 0.250 e. The maximum absolute atomic E-state index is 14.1. The van der Waals surface area contributed by atoms with Crippen LogP contribution in [0.5, 0.6) is 5.88 Å². The van der Waals surface area contributed by atoms with Gasteiger partial charge in [-0.2, -0.15) is 0 Å². The fraction of sp³-hybridized carbons (Fsp3) is 0.471. The third-order valence-corrected chi connectivity index (χ3v) is 3.84. The van der Waals surface area contributed by atoms with Crippen LogP contribution in [0.1, 0.15) is 26.7 Å². The molecule has 0 aromatic carbocycles. The highest BCUT2D eigenvalue weighted by Crippen LogP contribution is 2.25. The van der Waals surface area contributed by atoms with Gasteiger partial charge in [0.05, 0.1) is 12.3 Å². The van der Waals surface area contributed by atoms with Gasteiger partial charge in [0.15, 0.2) is 11.6 Å². The highest BCUT2D eigenvalue weighted by atomic mass is 19.1. The molecule has 0 aliphatic carbocycles. The van der Waals surface area contributed by atoms with Crippen LogP contribution in [-0.4, -0.2) is 40.2 Å². The van der Waals surface area contributed by atoms with Gasteiger partial charge >= 0.3 is 0 Å². The lowest BCUT2D eigenvalue weighted by atomic mass is 10.1. The van der Waals surface area contributed by atoms with E-state index in [1.165, 1.54) is 12.3 Å². The number of hydrogen-bond donors (Lipinski definition) is 2. The van der Waals surface area contributed by atoms with E-state index in [9.17, 15) is 8.78 Å². The number of pyridine rings is 1. The molecule has 0 spiro atoms. The van der Waals surface area contributed by atoms with Crippen LogP contribution in [0.3, 0.4) is 0 Å². The minimum atomic E-state index is -0.655. The number of nitrogens with zero attached hydrogens (tertiary/aromatic N) is 3. The van der Waals surface area contributed by atoms with E-state index in [1.54, 1.807) is 13.8 Å². The van der Waals surface area contributed by atoms with Gasteiger partial charge in [-0.05, 0) is 45.8 Å². The molecular weight excluding hydrogens is 328 g/mol. The van der Waals surface area contributed by atoms with Crippen molar-refractivity contribution in [3.8, 4) is 17.1 Å². The molecule has 1 aliphatic rings. The van der Waals surface area contributed by atoms with Gasteiger partial charge in [0.2, 0.25) is 5.95 Å². The van der Waals surface area contributed by atoms with E-state index >= 15 is 0 Å². The van der Waals surface area contributed by atoms with Gasteiger partial charge in [0, 0.05) is 17.8 Å². The molecule has 8 heteroatoms. The second-order valence-corrected chi connectivity index (χ2v) is 6.24. The van der Waals surface area contributed by atoms with E-state index < -0.39 is 11.6 Å². The molecular formula is C17H21F2N5O. The van der Waals surface area contributed by atoms with Gasteiger partial charge in [-0.3, -0.25) is 0 Å². The number of rotatable bonds is 5. The van der Waals surface area contributed by atoms with Crippen molar-refractivity contribution in [2.75, 3.05) is 18.4 Å². The highest BCUT2D eigenvalue weighted by Gasteiger charge is 2.17. The lowest BCUT2D eigenvalue weighted by Gasteiger charge is -2.23. The molecule has 1 aliphatic heterocycles. The summed E-state index contributed by atoms with van der Waals surface area (Å²) < 4.78 is 33.5. The van der Waals surface area contributed by atoms with Crippen molar-refractivity contribution in [1.82, 2.24) is 20.3 Å². The molecule has 6 nitrogen and oxygen atoms in total. The SMILES string of the molecule is CC(C)Oc1ncc(-c2nc(NC3CCNCC3)ncc2F)cc1F. The normalized spacial score (nSPS) is 15.4. The van der Waals surface area contributed by atoms with E-state index in [-0.39, 0.29) is 29.3 Å². The number of halogens is 2. The largest absolute Gasteiger partial charge is 0.473 e. The molecule has 134 valence electrons. The summed E-state index contributed by atoms with van der Waals surface area (Å²) in [7, 11) is 0. The number of ether oxygens (including phenoxy) is 1. The number of anilines is 1. The van der Waals surface area contributed by atoms with Crippen LogP contribution in [0, 0.1) is 11.6 Å². The Morgan fingerprint density at radius 2 is 1.92 bits per heavy atom. The molecule has 0 atom stereocenters. The first-order chi connectivity index (χ1) is 12.0. The van der Waals surface area contributed by atoms with E-state index in [2.05, 4.69) is 25.6 Å². The van der Waals surface area contributed by atoms with Gasteiger partial charge < -0.3 is 15.4 Å². The molecule has 0 unspecified atom stereocenters. The molecule has 2 N–H and O–H groups in total. The maximum atomic E-state index is 14.1. The summed E-state index contributed by atoms with van der Waals surface area (Å²) in [6, 6.07) is 1.40. The zero-order valence-corrected chi connectivity index (χ0v) is 14.2. The summed E-state index contributed by atoms with van der Waals surface area (Å²) >= 11 is 0. The van der Waals surface area contributed by atoms with Gasteiger partial charge in [-0.1, -0.05) is 0 Å². The molecule has 0 amide bonds. The zero-order chi connectivity index (χ0) is 17.8. The monoisotopic (exact) mass is 349 g/mol. The lowest BCUT2D eigenvalue weighted by Crippen LogP contribution is -2.35. The smallest absolute Gasteiger partial charge is 0.250 e. The zero-order valence-electron chi connectivity index (χ0n) is 14.2. The summed E-state index contributed by atoms with van der Waals surface area (Å²) in [6.45, 7) is 5.38. The van der Waals surface area contributed by atoms with Crippen molar-refractivity contribution in [1.29, 1.82) is 0 Å². The summed E-state index contributed by atoms with van der Waals surface area (Å²) in [5, 5.41) is 6.47. The molecule has 25 heavy (non-hydrogen) atoms. The molecule has 1 saturated heterocycles. The quantitative estimate of drug-likeness (QED) is 0.865. The molecule has 2 aromatic heterocycles. The lowest BCUT2D eigenvalue weighted by molar-refractivity contribution is 0.221. The Kier molecular flexibility index (Phi) is 5.37. The predicted molar refractivity (Wildman–Crippen MR) is 90.5 cm³/mol. The van der Waals surface area contributed by atoms with Gasteiger partial charge in [0.1, 0.15) is 5.69 Å². The van der Waals surface area contributed by atoms with Crippen molar-refractivity contribution in [2.45, 2.75) is 38.8 Å². The summed E-state index contributed by atoms with van der Waals surface area (Å²) in [4.78, 5) is 12.1. The minimum Gasteiger partial charge on any atom is -0.473 e. The second-order valence-electron chi connectivity index (χ2n) is 6.24. The Bertz CT molecular complexity index is 735. The Balaban J connectivity index is 1.83. The van der Waals surface area contributed by atoms with Crippen LogP contribution in [-0.2, 0) is 0 Å². The Morgan fingerprint density at radius 1 is 1.16 bits per heavy atom. The molecule has 3 heterocycles. The van der Waals surface area contributed by atoms with Gasteiger partial charge in [-0.25, -0.2) is 23.7 Å². The van der Waals surface area contributed by atoms with E-state index in [0.29, 0.717) is 5.95 Å². The average molecular weight is 349 g/mol. The number of piperidine rings is 1. The molecule has 1 fully saturated rings. The van der Waals surface area contributed by atoms with Crippen LogP contribution in [0.25, 0.3) is 11.3 Å². The first-order valence-corrected chi connectivity index (χ1v) is 8.35. The van der Waals surface area contributed by atoms with Crippen LogP contribution >= 0.6 is 0 Å². The molecule has 3 rings (SSSR count). The third-order valence-electron chi connectivity index (χ3n) is 3.84.